The minimum absolute atomic E-state index is 0.0848. The van der Waals surface area contributed by atoms with Gasteiger partial charge in [0.1, 0.15) is 5.75 Å². The van der Waals surface area contributed by atoms with E-state index in [0.29, 0.717) is 32.1 Å². The summed E-state index contributed by atoms with van der Waals surface area (Å²) < 4.78 is 10.4. The number of nitrogens with zero attached hydrogens (tertiary/aromatic N) is 2. The number of aromatic nitrogens is 2. The van der Waals surface area contributed by atoms with Gasteiger partial charge in [-0.1, -0.05) is 0 Å². The van der Waals surface area contributed by atoms with Crippen LogP contribution in [0.5, 0.6) is 5.75 Å². The van der Waals surface area contributed by atoms with Gasteiger partial charge in [0.25, 0.3) is 5.91 Å². The number of hydrogen-bond donors (Lipinski definition) is 1. The predicted octanol–water partition coefficient (Wildman–Crippen LogP) is 1.04. The van der Waals surface area contributed by atoms with Gasteiger partial charge >= 0.3 is 0 Å². The van der Waals surface area contributed by atoms with E-state index in [9.17, 15) is 4.79 Å². The van der Waals surface area contributed by atoms with Gasteiger partial charge in [-0.2, -0.15) is 0 Å². The van der Waals surface area contributed by atoms with Gasteiger partial charge < -0.3 is 19.4 Å². The average Bonchev–Trinajstić information content (AvgIpc) is 2.90. The summed E-state index contributed by atoms with van der Waals surface area (Å²) in [6, 6.07) is 5.50. The van der Waals surface area contributed by atoms with Crippen LogP contribution in [0, 0.1) is 0 Å². The number of hydrogen-bond acceptors (Lipinski definition) is 4. The first-order valence-electron chi connectivity index (χ1n) is 6.19. The van der Waals surface area contributed by atoms with E-state index in [4.69, 9.17) is 9.47 Å². The Balaban J connectivity index is 1.89. The lowest BCUT2D eigenvalue weighted by molar-refractivity contribution is 0.0296. The number of aromatic amines is 1. The molecule has 3 rings (SSSR count). The summed E-state index contributed by atoms with van der Waals surface area (Å²) in [6.45, 7) is 2.39. The van der Waals surface area contributed by atoms with E-state index in [1.54, 1.807) is 12.0 Å². The quantitative estimate of drug-likeness (QED) is 0.877. The largest absolute Gasteiger partial charge is 0.497 e. The number of nitrogens with one attached hydrogen (secondary N) is 1. The molecular formula is C13H15N3O3. The molecule has 1 amide bonds. The summed E-state index contributed by atoms with van der Waals surface area (Å²) in [4.78, 5) is 21.4. The first kappa shape index (κ1) is 12.0. The van der Waals surface area contributed by atoms with Crippen LogP contribution in [0.25, 0.3) is 11.0 Å². The van der Waals surface area contributed by atoms with E-state index in [0.717, 1.165) is 16.8 Å². The van der Waals surface area contributed by atoms with Crippen molar-refractivity contribution >= 4 is 16.9 Å². The van der Waals surface area contributed by atoms with Crippen LogP contribution in [-0.4, -0.2) is 54.2 Å². The summed E-state index contributed by atoms with van der Waals surface area (Å²) >= 11 is 0. The maximum atomic E-state index is 12.3. The summed E-state index contributed by atoms with van der Waals surface area (Å²) in [5.74, 6) is 1.01. The summed E-state index contributed by atoms with van der Waals surface area (Å²) in [6.07, 6.45) is 0. The molecule has 6 nitrogen and oxygen atoms in total. The predicted molar refractivity (Wildman–Crippen MR) is 69.4 cm³/mol. The van der Waals surface area contributed by atoms with Gasteiger partial charge in [0.15, 0.2) is 5.82 Å². The van der Waals surface area contributed by atoms with Crippen molar-refractivity contribution in [3.8, 4) is 5.75 Å². The first-order valence-corrected chi connectivity index (χ1v) is 6.19. The molecule has 1 saturated heterocycles. The lowest BCUT2D eigenvalue weighted by Gasteiger charge is -2.25. The molecule has 0 saturated carbocycles. The Morgan fingerprint density at radius 1 is 1.42 bits per heavy atom. The van der Waals surface area contributed by atoms with E-state index in [1.165, 1.54) is 0 Å². The number of benzene rings is 1. The summed E-state index contributed by atoms with van der Waals surface area (Å²) in [7, 11) is 1.60. The molecule has 0 unspecified atom stereocenters. The molecule has 2 aromatic rings. The van der Waals surface area contributed by atoms with Crippen LogP contribution < -0.4 is 4.74 Å². The van der Waals surface area contributed by atoms with Crippen LogP contribution in [-0.2, 0) is 4.74 Å². The van der Waals surface area contributed by atoms with E-state index >= 15 is 0 Å². The van der Waals surface area contributed by atoms with E-state index < -0.39 is 0 Å². The fraction of sp³-hybridized carbons (Fsp3) is 0.385. The van der Waals surface area contributed by atoms with Crippen molar-refractivity contribution in [2.45, 2.75) is 0 Å². The fourth-order valence-electron chi connectivity index (χ4n) is 2.13. The molecule has 0 aliphatic carbocycles. The zero-order valence-electron chi connectivity index (χ0n) is 10.7. The van der Waals surface area contributed by atoms with Gasteiger partial charge in [0, 0.05) is 19.2 Å². The van der Waals surface area contributed by atoms with E-state index in [2.05, 4.69) is 9.97 Å². The standard InChI is InChI=1S/C13H15N3O3/c1-18-9-2-3-10-11(8-9)15-12(14-10)13(17)16-4-6-19-7-5-16/h2-3,8H,4-7H2,1H3,(H,14,15). The van der Waals surface area contributed by atoms with Gasteiger partial charge in [-0.05, 0) is 12.1 Å². The van der Waals surface area contributed by atoms with Crippen molar-refractivity contribution < 1.29 is 14.3 Å². The van der Waals surface area contributed by atoms with Crippen molar-refractivity contribution in [3.63, 3.8) is 0 Å². The maximum Gasteiger partial charge on any atom is 0.289 e. The zero-order chi connectivity index (χ0) is 13.2. The van der Waals surface area contributed by atoms with Crippen LogP contribution in [0.1, 0.15) is 10.6 Å². The highest BCUT2D eigenvalue weighted by molar-refractivity contribution is 5.94. The summed E-state index contributed by atoms with van der Waals surface area (Å²) in [5.41, 5.74) is 1.56. The zero-order valence-corrected chi connectivity index (χ0v) is 10.7. The second-order valence-corrected chi connectivity index (χ2v) is 4.37. The smallest absolute Gasteiger partial charge is 0.289 e. The minimum atomic E-state index is -0.0848. The van der Waals surface area contributed by atoms with Gasteiger partial charge in [0.05, 0.1) is 31.4 Å². The van der Waals surface area contributed by atoms with Crippen LogP contribution in [0.15, 0.2) is 18.2 Å². The third-order valence-corrected chi connectivity index (χ3v) is 3.19. The minimum Gasteiger partial charge on any atom is -0.497 e. The van der Waals surface area contributed by atoms with E-state index in [1.807, 2.05) is 18.2 Å². The molecule has 0 bridgehead atoms. The van der Waals surface area contributed by atoms with Gasteiger partial charge in [-0.25, -0.2) is 4.98 Å². The number of methoxy groups -OCH3 is 1. The number of carbonyl (C=O) groups is 1. The average molecular weight is 261 g/mol. The second-order valence-electron chi connectivity index (χ2n) is 4.37. The molecule has 6 heteroatoms. The molecule has 1 fully saturated rings. The molecule has 1 aromatic heterocycles. The lowest BCUT2D eigenvalue weighted by Crippen LogP contribution is -2.41. The second kappa shape index (κ2) is 4.89. The number of morpholine rings is 1. The number of imidazole rings is 1. The Kier molecular flexibility index (Phi) is 3.08. The SMILES string of the molecule is COc1ccc2[nH]c(C(=O)N3CCOCC3)nc2c1. The molecule has 1 aliphatic rings. The van der Waals surface area contributed by atoms with Crippen LogP contribution >= 0.6 is 0 Å². The van der Waals surface area contributed by atoms with Crippen molar-refractivity contribution in [2.24, 2.45) is 0 Å². The molecule has 1 aromatic carbocycles. The molecule has 2 heterocycles. The Bertz CT molecular complexity index is 602. The molecular weight excluding hydrogens is 246 g/mol. The molecule has 19 heavy (non-hydrogen) atoms. The van der Waals surface area contributed by atoms with Gasteiger partial charge in [0.2, 0.25) is 0 Å². The van der Waals surface area contributed by atoms with Crippen molar-refractivity contribution in [1.82, 2.24) is 14.9 Å². The molecule has 0 atom stereocenters. The summed E-state index contributed by atoms with van der Waals surface area (Å²) in [5, 5.41) is 0. The Morgan fingerprint density at radius 2 is 2.21 bits per heavy atom. The molecule has 1 aliphatic heterocycles. The molecule has 1 N–H and O–H groups in total. The Morgan fingerprint density at radius 3 is 2.95 bits per heavy atom. The number of ether oxygens (including phenoxy) is 2. The molecule has 100 valence electrons. The van der Waals surface area contributed by atoms with Crippen LogP contribution in [0.2, 0.25) is 0 Å². The van der Waals surface area contributed by atoms with Gasteiger partial charge in [-0.3, -0.25) is 4.79 Å². The highest BCUT2D eigenvalue weighted by atomic mass is 16.5. The maximum absolute atomic E-state index is 12.3. The van der Waals surface area contributed by atoms with Crippen molar-refractivity contribution in [1.29, 1.82) is 0 Å². The van der Waals surface area contributed by atoms with E-state index in [-0.39, 0.29) is 5.91 Å². The lowest BCUT2D eigenvalue weighted by atomic mass is 10.3. The van der Waals surface area contributed by atoms with Crippen molar-refractivity contribution in [3.05, 3.63) is 24.0 Å². The third kappa shape index (κ3) is 2.26. The highest BCUT2D eigenvalue weighted by Crippen LogP contribution is 2.19. The Hall–Kier alpha value is -2.08. The monoisotopic (exact) mass is 261 g/mol. The third-order valence-electron chi connectivity index (χ3n) is 3.19. The molecule has 0 radical (unpaired) electrons. The number of rotatable bonds is 2. The van der Waals surface area contributed by atoms with Crippen molar-refractivity contribution in [2.75, 3.05) is 33.4 Å². The fourth-order valence-corrected chi connectivity index (χ4v) is 2.13. The number of fused-ring (bicyclic) bond motifs is 1. The number of H-pyrrole nitrogens is 1. The number of amides is 1. The first-order chi connectivity index (χ1) is 9.28. The van der Waals surface area contributed by atoms with Crippen LogP contribution in [0.4, 0.5) is 0 Å². The topological polar surface area (TPSA) is 67.5 Å². The van der Waals surface area contributed by atoms with Gasteiger partial charge in [-0.15, -0.1) is 0 Å². The normalized spacial score (nSPS) is 15.7. The molecule has 0 spiro atoms. The number of carbonyl (C=O) groups excluding carboxylic acids is 1. The highest BCUT2D eigenvalue weighted by Gasteiger charge is 2.21. The Labute approximate surface area is 110 Å². The van der Waals surface area contributed by atoms with Crippen LogP contribution in [0.3, 0.4) is 0 Å².